The summed E-state index contributed by atoms with van der Waals surface area (Å²) >= 11 is 11.7. The molecule has 5 nitrogen and oxygen atoms in total. The van der Waals surface area contributed by atoms with Crippen molar-refractivity contribution in [3.05, 3.63) is 28.2 Å². The highest BCUT2D eigenvalue weighted by atomic mass is 35.5. The van der Waals surface area contributed by atoms with Crippen molar-refractivity contribution < 1.29 is 17.9 Å². The fraction of sp³-hybridized carbons (Fsp3) is 0.462. The standard InChI is InChI=1S/C13H17Cl2NO4S/c1-4-8(2)12(13(17)20-3)16-21(18,19)10-7-5-6-9(14)11(10)15/h5-8,12,16H,4H2,1-3H3/t8-,12-/m1/s1. The quantitative estimate of drug-likeness (QED) is 0.798. The lowest BCUT2D eigenvalue weighted by Crippen LogP contribution is -2.45. The van der Waals surface area contributed by atoms with E-state index >= 15 is 0 Å². The lowest BCUT2D eigenvalue weighted by molar-refractivity contribution is -0.143. The van der Waals surface area contributed by atoms with Gasteiger partial charge in [0.05, 0.1) is 17.2 Å². The molecule has 0 aliphatic rings. The van der Waals surface area contributed by atoms with Crippen LogP contribution < -0.4 is 4.72 Å². The molecule has 2 atom stereocenters. The monoisotopic (exact) mass is 353 g/mol. The van der Waals surface area contributed by atoms with E-state index in [0.717, 1.165) is 0 Å². The van der Waals surface area contributed by atoms with Crippen LogP contribution in [0, 0.1) is 5.92 Å². The Hall–Kier alpha value is -0.820. The topological polar surface area (TPSA) is 72.5 Å². The lowest BCUT2D eigenvalue weighted by atomic mass is 10.0. The van der Waals surface area contributed by atoms with Crippen LogP contribution in [0.1, 0.15) is 20.3 Å². The number of carbonyl (C=O) groups is 1. The Kier molecular flexibility index (Phi) is 6.46. The Morgan fingerprint density at radius 2 is 2.00 bits per heavy atom. The van der Waals surface area contributed by atoms with E-state index in [4.69, 9.17) is 23.2 Å². The number of carbonyl (C=O) groups excluding carboxylic acids is 1. The van der Waals surface area contributed by atoms with Crippen molar-refractivity contribution in [1.29, 1.82) is 0 Å². The summed E-state index contributed by atoms with van der Waals surface area (Å²) in [5, 5.41) is 0.0390. The van der Waals surface area contributed by atoms with Gasteiger partial charge < -0.3 is 4.74 Å². The Labute approximate surface area is 134 Å². The SMILES string of the molecule is CC[C@@H](C)[C@@H](NS(=O)(=O)c1cccc(Cl)c1Cl)C(=O)OC. The maximum Gasteiger partial charge on any atom is 0.324 e. The summed E-state index contributed by atoms with van der Waals surface area (Å²) in [4.78, 5) is 11.6. The maximum absolute atomic E-state index is 12.4. The number of rotatable bonds is 6. The van der Waals surface area contributed by atoms with E-state index in [0.29, 0.717) is 6.42 Å². The molecule has 0 fully saturated rings. The first kappa shape index (κ1) is 18.2. The van der Waals surface area contributed by atoms with Crippen LogP contribution in [0.3, 0.4) is 0 Å². The number of hydrogen-bond donors (Lipinski definition) is 1. The van der Waals surface area contributed by atoms with Gasteiger partial charge in [-0.2, -0.15) is 4.72 Å². The van der Waals surface area contributed by atoms with Crippen molar-refractivity contribution in [2.75, 3.05) is 7.11 Å². The van der Waals surface area contributed by atoms with E-state index < -0.39 is 22.0 Å². The molecule has 0 saturated carbocycles. The van der Waals surface area contributed by atoms with Crippen LogP contribution in [0.25, 0.3) is 0 Å². The fourth-order valence-electron chi connectivity index (χ4n) is 1.68. The van der Waals surface area contributed by atoms with Crippen molar-refractivity contribution in [2.24, 2.45) is 5.92 Å². The van der Waals surface area contributed by atoms with Crippen molar-refractivity contribution in [1.82, 2.24) is 4.72 Å². The van der Waals surface area contributed by atoms with E-state index in [9.17, 15) is 13.2 Å². The molecule has 0 spiro atoms. The van der Waals surface area contributed by atoms with Crippen LogP contribution in [0.4, 0.5) is 0 Å². The van der Waals surface area contributed by atoms with Crippen LogP contribution in [0.15, 0.2) is 23.1 Å². The summed E-state index contributed by atoms with van der Waals surface area (Å²) in [6.45, 7) is 3.60. The van der Waals surface area contributed by atoms with Crippen LogP contribution in [0.2, 0.25) is 10.0 Å². The van der Waals surface area contributed by atoms with Gasteiger partial charge in [0.1, 0.15) is 10.9 Å². The zero-order valence-electron chi connectivity index (χ0n) is 11.9. The summed E-state index contributed by atoms with van der Waals surface area (Å²) in [5.41, 5.74) is 0. The number of ether oxygens (including phenoxy) is 1. The van der Waals surface area contributed by atoms with E-state index in [2.05, 4.69) is 9.46 Å². The molecule has 0 amide bonds. The number of methoxy groups -OCH3 is 1. The second-order valence-electron chi connectivity index (χ2n) is 4.56. The molecule has 1 aromatic carbocycles. The molecule has 0 aliphatic heterocycles. The van der Waals surface area contributed by atoms with Crippen LogP contribution in [0.5, 0.6) is 0 Å². The van der Waals surface area contributed by atoms with Gasteiger partial charge in [-0.1, -0.05) is 49.5 Å². The smallest absolute Gasteiger partial charge is 0.324 e. The minimum absolute atomic E-state index is 0.0839. The number of esters is 1. The third-order valence-electron chi connectivity index (χ3n) is 3.16. The van der Waals surface area contributed by atoms with Crippen LogP contribution >= 0.6 is 23.2 Å². The van der Waals surface area contributed by atoms with E-state index in [1.54, 1.807) is 6.92 Å². The predicted molar refractivity (Wildman–Crippen MR) is 82.0 cm³/mol. The molecule has 0 saturated heterocycles. The molecule has 0 aliphatic carbocycles. The first-order chi connectivity index (χ1) is 9.74. The number of halogens is 2. The van der Waals surface area contributed by atoms with Crippen LogP contribution in [-0.2, 0) is 19.6 Å². The number of hydrogen-bond acceptors (Lipinski definition) is 4. The molecule has 21 heavy (non-hydrogen) atoms. The normalized spacial score (nSPS) is 14.5. The average Bonchev–Trinajstić information content (AvgIpc) is 2.45. The second kappa shape index (κ2) is 7.45. The summed E-state index contributed by atoms with van der Waals surface area (Å²) in [7, 11) is -2.78. The predicted octanol–water partition coefficient (Wildman–Crippen LogP) is 2.86. The average molecular weight is 354 g/mol. The first-order valence-electron chi connectivity index (χ1n) is 6.28. The van der Waals surface area contributed by atoms with Crippen molar-refractivity contribution in [2.45, 2.75) is 31.2 Å². The van der Waals surface area contributed by atoms with E-state index in [1.165, 1.54) is 25.3 Å². The lowest BCUT2D eigenvalue weighted by Gasteiger charge is -2.22. The summed E-state index contributed by atoms with van der Waals surface area (Å²) < 4.78 is 31.8. The molecule has 0 aromatic heterocycles. The van der Waals surface area contributed by atoms with Gasteiger partial charge in [0.15, 0.2) is 0 Å². The zero-order chi connectivity index (χ0) is 16.2. The molecule has 8 heteroatoms. The molecule has 1 N–H and O–H groups in total. The Balaban J connectivity index is 3.18. The van der Waals surface area contributed by atoms with Crippen molar-refractivity contribution in [3.8, 4) is 0 Å². The number of benzene rings is 1. The minimum Gasteiger partial charge on any atom is -0.468 e. The molecule has 0 unspecified atom stereocenters. The van der Waals surface area contributed by atoms with Gasteiger partial charge in [0.25, 0.3) is 0 Å². The highest BCUT2D eigenvalue weighted by Crippen LogP contribution is 2.29. The molecule has 0 bridgehead atoms. The first-order valence-corrected chi connectivity index (χ1v) is 8.52. The van der Waals surface area contributed by atoms with Gasteiger partial charge in [-0.3, -0.25) is 4.79 Å². The van der Waals surface area contributed by atoms with E-state index in [-0.39, 0.29) is 20.9 Å². The Morgan fingerprint density at radius 3 is 2.52 bits per heavy atom. The largest absolute Gasteiger partial charge is 0.468 e. The Bertz CT molecular complexity index is 619. The molecule has 1 aromatic rings. The van der Waals surface area contributed by atoms with Gasteiger partial charge in [-0.15, -0.1) is 0 Å². The van der Waals surface area contributed by atoms with Gasteiger partial charge in [-0.25, -0.2) is 8.42 Å². The fourth-order valence-corrected chi connectivity index (χ4v) is 3.74. The van der Waals surface area contributed by atoms with Gasteiger partial charge in [-0.05, 0) is 18.1 Å². The number of sulfonamides is 1. The van der Waals surface area contributed by atoms with Gasteiger partial charge in [0, 0.05) is 0 Å². The van der Waals surface area contributed by atoms with Gasteiger partial charge in [0.2, 0.25) is 10.0 Å². The van der Waals surface area contributed by atoms with E-state index in [1.807, 2.05) is 6.92 Å². The zero-order valence-corrected chi connectivity index (χ0v) is 14.2. The highest BCUT2D eigenvalue weighted by molar-refractivity contribution is 7.89. The summed E-state index contributed by atoms with van der Waals surface area (Å²) in [5.74, 6) is -0.878. The van der Waals surface area contributed by atoms with Gasteiger partial charge >= 0.3 is 5.97 Å². The van der Waals surface area contributed by atoms with Crippen molar-refractivity contribution >= 4 is 39.2 Å². The Morgan fingerprint density at radius 1 is 1.38 bits per heavy atom. The van der Waals surface area contributed by atoms with Crippen molar-refractivity contribution in [3.63, 3.8) is 0 Å². The third kappa shape index (κ3) is 4.32. The second-order valence-corrected chi connectivity index (χ2v) is 7.03. The third-order valence-corrected chi connectivity index (χ3v) is 5.57. The minimum atomic E-state index is -3.99. The number of nitrogens with one attached hydrogen (secondary N) is 1. The summed E-state index contributed by atoms with van der Waals surface area (Å²) in [6.07, 6.45) is 0.603. The molecular formula is C13H17Cl2NO4S. The molecule has 0 radical (unpaired) electrons. The molecule has 118 valence electrons. The van der Waals surface area contributed by atoms with Crippen LogP contribution in [-0.4, -0.2) is 27.5 Å². The highest BCUT2D eigenvalue weighted by Gasteiger charge is 2.31. The molecule has 1 rings (SSSR count). The molecular weight excluding hydrogens is 337 g/mol. The summed E-state index contributed by atoms with van der Waals surface area (Å²) in [6, 6.07) is 3.29. The molecule has 0 heterocycles. The maximum atomic E-state index is 12.4.